The second-order valence-corrected chi connectivity index (χ2v) is 10.0. The number of carbonyl (C=O) groups is 2. The van der Waals surface area contributed by atoms with Crippen LogP contribution in [0.1, 0.15) is 36.0 Å². The van der Waals surface area contributed by atoms with Crippen molar-refractivity contribution in [3.63, 3.8) is 0 Å². The van der Waals surface area contributed by atoms with Gasteiger partial charge in [-0.25, -0.2) is 4.39 Å². The average molecular weight is 537 g/mol. The third-order valence-corrected chi connectivity index (χ3v) is 7.41. The van der Waals surface area contributed by atoms with E-state index in [1.54, 1.807) is 12.1 Å². The summed E-state index contributed by atoms with van der Waals surface area (Å²) in [6.07, 6.45) is 2.89. The van der Waals surface area contributed by atoms with Crippen molar-refractivity contribution in [1.29, 1.82) is 0 Å². The predicted octanol–water partition coefficient (Wildman–Crippen LogP) is 5.44. The summed E-state index contributed by atoms with van der Waals surface area (Å²) in [5, 5.41) is 3.17. The van der Waals surface area contributed by atoms with Crippen LogP contribution in [0.15, 0.2) is 83.3 Å². The molecule has 1 fully saturated rings. The van der Waals surface area contributed by atoms with Crippen molar-refractivity contribution >= 4 is 27.7 Å². The Morgan fingerprint density at radius 3 is 2.11 bits per heavy atom. The maximum Gasteiger partial charge on any atom is 0.230 e. The first-order chi connectivity index (χ1) is 17.0. The molecular formula is C29H30BrFN2O2. The van der Waals surface area contributed by atoms with Crippen molar-refractivity contribution < 1.29 is 14.0 Å². The van der Waals surface area contributed by atoms with Crippen molar-refractivity contribution in [2.75, 3.05) is 19.6 Å². The van der Waals surface area contributed by atoms with Gasteiger partial charge in [0.25, 0.3) is 0 Å². The molecule has 1 aliphatic rings. The topological polar surface area (TPSA) is 49.4 Å². The summed E-state index contributed by atoms with van der Waals surface area (Å²) in [5.41, 5.74) is 2.47. The molecule has 2 amide bonds. The van der Waals surface area contributed by atoms with Crippen LogP contribution in [0.25, 0.3) is 0 Å². The molecule has 0 saturated carbocycles. The molecule has 1 heterocycles. The van der Waals surface area contributed by atoms with Gasteiger partial charge in [-0.3, -0.25) is 9.59 Å². The van der Waals surface area contributed by atoms with E-state index >= 15 is 0 Å². The number of hydrogen-bond acceptors (Lipinski definition) is 2. The fourth-order valence-electron chi connectivity index (χ4n) is 4.74. The fourth-order valence-corrected chi connectivity index (χ4v) is 5.01. The normalized spacial score (nSPS) is 15.0. The molecule has 0 aliphatic carbocycles. The Balaban J connectivity index is 1.37. The zero-order valence-corrected chi connectivity index (χ0v) is 21.3. The number of nitrogens with one attached hydrogen (secondary N) is 1. The number of likely N-dealkylation sites (tertiary alicyclic amines) is 1. The molecule has 0 aromatic heterocycles. The Labute approximate surface area is 214 Å². The molecule has 4 nitrogen and oxygen atoms in total. The number of nitrogens with zero attached hydrogens (tertiary/aromatic N) is 1. The lowest BCUT2D eigenvalue weighted by Gasteiger charge is -2.41. The number of benzene rings is 3. The highest BCUT2D eigenvalue weighted by Crippen LogP contribution is 2.36. The van der Waals surface area contributed by atoms with Gasteiger partial charge in [-0.05, 0) is 66.6 Å². The Bertz CT molecular complexity index is 1130. The lowest BCUT2D eigenvalue weighted by molar-refractivity contribution is -0.136. The molecular weight excluding hydrogens is 507 g/mol. The van der Waals surface area contributed by atoms with Gasteiger partial charge in [0, 0.05) is 30.5 Å². The molecule has 1 aliphatic heterocycles. The Kier molecular flexibility index (Phi) is 8.34. The number of rotatable bonds is 8. The van der Waals surface area contributed by atoms with Gasteiger partial charge in [0.05, 0.1) is 5.41 Å². The smallest absolute Gasteiger partial charge is 0.230 e. The standard InChI is InChI=1S/C29H30BrFN2O2/c30-25-11-6-23(7-12-25)16-19-32-28(35)29(24-4-2-1-3-5-24)17-20-33(21-18-29)27(34)15-10-22-8-13-26(31)14-9-22/h1-9,11-14H,10,15-21H2,(H,32,35). The summed E-state index contributed by atoms with van der Waals surface area (Å²) in [4.78, 5) is 28.2. The van der Waals surface area contributed by atoms with E-state index in [9.17, 15) is 14.0 Å². The van der Waals surface area contributed by atoms with Gasteiger partial charge >= 0.3 is 0 Å². The summed E-state index contributed by atoms with van der Waals surface area (Å²) in [5.74, 6) is -0.172. The van der Waals surface area contributed by atoms with Crippen LogP contribution < -0.4 is 5.32 Å². The highest BCUT2D eigenvalue weighted by atomic mass is 79.9. The molecule has 0 bridgehead atoms. The van der Waals surface area contributed by atoms with Crippen LogP contribution in [0.5, 0.6) is 0 Å². The van der Waals surface area contributed by atoms with Crippen molar-refractivity contribution in [1.82, 2.24) is 10.2 Å². The lowest BCUT2D eigenvalue weighted by Crippen LogP contribution is -2.53. The van der Waals surface area contributed by atoms with Crippen LogP contribution in [-0.2, 0) is 27.8 Å². The molecule has 1 saturated heterocycles. The third-order valence-electron chi connectivity index (χ3n) is 6.88. The number of hydrogen-bond donors (Lipinski definition) is 1. The second-order valence-electron chi connectivity index (χ2n) is 9.09. The maximum absolute atomic E-state index is 13.5. The number of carbonyl (C=O) groups excluding carboxylic acids is 2. The highest BCUT2D eigenvalue weighted by Gasteiger charge is 2.43. The minimum absolute atomic E-state index is 0.0271. The number of amides is 2. The van der Waals surface area contributed by atoms with Crippen LogP contribution >= 0.6 is 15.9 Å². The van der Waals surface area contributed by atoms with Crippen LogP contribution in [0.4, 0.5) is 4.39 Å². The molecule has 3 aromatic rings. The molecule has 182 valence electrons. The molecule has 6 heteroatoms. The van der Waals surface area contributed by atoms with Gasteiger partial charge in [0.1, 0.15) is 5.82 Å². The molecule has 35 heavy (non-hydrogen) atoms. The Morgan fingerprint density at radius 1 is 0.857 bits per heavy atom. The lowest BCUT2D eigenvalue weighted by atomic mass is 9.72. The zero-order valence-electron chi connectivity index (χ0n) is 19.7. The SMILES string of the molecule is O=C(CCc1ccc(F)cc1)N1CCC(C(=O)NCCc2ccc(Br)cc2)(c2ccccc2)CC1. The second kappa shape index (κ2) is 11.6. The number of aryl methyl sites for hydroxylation is 1. The molecule has 0 unspecified atom stereocenters. The monoisotopic (exact) mass is 536 g/mol. The number of halogens is 2. The summed E-state index contributed by atoms with van der Waals surface area (Å²) >= 11 is 3.45. The number of piperidine rings is 1. The van der Waals surface area contributed by atoms with Gasteiger partial charge in [-0.2, -0.15) is 0 Å². The van der Waals surface area contributed by atoms with Gasteiger partial charge in [0.15, 0.2) is 0 Å². The van der Waals surface area contributed by atoms with E-state index < -0.39 is 5.41 Å². The Hall–Kier alpha value is -2.99. The van der Waals surface area contributed by atoms with Crippen molar-refractivity contribution in [2.45, 2.75) is 37.5 Å². The van der Waals surface area contributed by atoms with Gasteiger partial charge in [-0.15, -0.1) is 0 Å². The molecule has 1 N–H and O–H groups in total. The van der Waals surface area contributed by atoms with Gasteiger partial charge in [-0.1, -0.05) is 70.5 Å². The molecule has 3 aromatic carbocycles. The van der Waals surface area contributed by atoms with E-state index in [1.807, 2.05) is 47.4 Å². The van der Waals surface area contributed by atoms with Crippen molar-refractivity contribution in [2.24, 2.45) is 0 Å². The van der Waals surface area contributed by atoms with Crippen molar-refractivity contribution in [3.05, 3.63) is 106 Å². The van der Waals surface area contributed by atoms with Crippen LogP contribution in [-0.4, -0.2) is 36.3 Å². The van der Waals surface area contributed by atoms with E-state index in [0.717, 1.165) is 22.0 Å². The fraction of sp³-hybridized carbons (Fsp3) is 0.310. The van der Waals surface area contributed by atoms with E-state index in [-0.39, 0.29) is 17.6 Å². The molecule has 0 radical (unpaired) electrons. The summed E-state index contributed by atoms with van der Waals surface area (Å²) in [6.45, 7) is 1.64. The van der Waals surface area contributed by atoms with Crippen LogP contribution in [0.2, 0.25) is 0 Å². The summed E-state index contributed by atoms with van der Waals surface area (Å²) < 4.78 is 14.2. The van der Waals surface area contributed by atoms with E-state index in [0.29, 0.717) is 45.3 Å². The molecule has 0 atom stereocenters. The average Bonchev–Trinajstić information content (AvgIpc) is 2.90. The summed E-state index contributed by atoms with van der Waals surface area (Å²) in [7, 11) is 0. The highest BCUT2D eigenvalue weighted by molar-refractivity contribution is 9.10. The van der Waals surface area contributed by atoms with Crippen LogP contribution in [0.3, 0.4) is 0 Å². The first-order valence-electron chi connectivity index (χ1n) is 12.1. The molecule has 4 rings (SSSR count). The van der Waals surface area contributed by atoms with E-state index in [4.69, 9.17) is 0 Å². The van der Waals surface area contributed by atoms with Crippen molar-refractivity contribution in [3.8, 4) is 0 Å². The quantitative estimate of drug-likeness (QED) is 0.416. The van der Waals surface area contributed by atoms with Crippen LogP contribution in [0, 0.1) is 5.82 Å². The van der Waals surface area contributed by atoms with Gasteiger partial charge in [0.2, 0.25) is 11.8 Å². The molecule has 0 spiro atoms. The largest absolute Gasteiger partial charge is 0.355 e. The first kappa shape index (κ1) is 25.1. The zero-order chi connectivity index (χ0) is 24.7. The maximum atomic E-state index is 13.5. The van der Waals surface area contributed by atoms with E-state index in [1.165, 1.54) is 17.7 Å². The van der Waals surface area contributed by atoms with Gasteiger partial charge < -0.3 is 10.2 Å². The minimum Gasteiger partial charge on any atom is -0.355 e. The summed E-state index contributed by atoms with van der Waals surface area (Å²) in [6, 6.07) is 24.3. The predicted molar refractivity (Wildman–Crippen MR) is 140 cm³/mol. The van der Waals surface area contributed by atoms with E-state index in [2.05, 4.69) is 33.4 Å². The third kappa shape index (κ3) is 6.37. The first-order valence-corrected chi connectivity index (χ1v) is 12.9. The Morgan fingerprint density at radius 2 is 1.46 bits per heavy atom. The minimum atomic E-state index is -0.644.